The van der Waals surface area contributed by atoms with Crippen molar-refractivity contribution in [1.82, 2.24) is 10.9 Å². The first-order valence-corrected chi connectivity index (χ1v) is 8.95. The van der Waals surface area contributed by atoms with E-state index in [-0.39, 0.29) is 17.0 Å². The Balaban J connectivity index is 2.10. The van der Waals surface area contributed by atoms with Gasteiger partial charge >= 0.3 is 0 Å². The van der Waals surface area contributed by atoms with E-state index in [2.05, 4.69) is 15.7 Å². The molecule has 9 heteroatoms. The van der Waals surface area contributed by atoms with Crippen LogP contribution in [0.2, 0.25) is 5.02 Å². The number of phenolic OH excluding ortho intramolecular Hbond substituents is 1. The van der Waals surface area contributed by atoms with Gasteiger partial charge in [0.2, 0.25) is 11.6 Å². The number of phenols is 1. The van der Waals surface area contributed by atoms with Gasteiger partial charge in [0.05, 0.1) is 23.6 Å². The summed E-state index contributed by atoms with van der Waals surface area (Å²) in [5.41, 5.74) is 5.84. The van der Waals surface area contributed by atoms with Crippen molar-refractivity contribution in [2.75, 3.05) is 0 Å². The molecule has 0 bridgehead atoms. The maximum atomic E-state index is 13.4. The van der Waals surface area contributed by atoms with Crippen molar-refractivity contribution in [2.24, 2.45) is 5.92 Å². The number of nitrogens with one attached hydrogen (secondary N) is 2. The molecular weight excluding hydrogens is 401 g/mol. The van der Waals surface area contributed by atoms with Gasteiger partial charge in [-0.25, -0.2) is 9.24 Å². The lowest BCUT2D eigenvalue weighted by Crippen LogP contribution is -2.47. The number of hydrazine groups is 1. The zero-order valence-electron chi connectivity index (χ0n) is 15.7. The molecule has 7 nitrogen and oxygen atoms in total. The lowest BCUT2D eigenvalue weighted by Gasteiger charge is -2.21. The Bertz CT molecular complexity index is 988. The van der Waals surface area contributed by atoms with Crippen LogP contribution in [0, 0.1) is 25.2 Å². The van der Waals surface area contributed by atoms with Crippen LogP contribution in [0.3, 0.4) is 0 Å². The Labute approximate surface area is 171 Å². The third-order valence-electron chi connectivity index (χ3n) is 4.47. The Morgan fingerprint density at radius 1 is 1.28 bits per heavy atom. The van der Waals surface area contributed by atoms with Gasteiger partial charge in [-0.3, -0.25) is 20.4 Å². The van der Waals surface area contributed by atoms with Crippen molar-refractivity contribution in [3.8, 4) is 5.75 Å². The average Bonchev–Trinajstić information content (AvgIpc) is 2.68. The van der Waals surface area contributed by atoms with Crippen molar-refractivity contribution in [1.29, 1.82) is 0 Å². The molecule has 4 N–H and O–H groups in total. The fourth-order valence-corrected chi connectivity index (χ4v) is 2.90. The molecule has 0 aromatic heterocycles. The molecule has 152 valence electrons. The zero-order chi connectivity index (χ0) is 21.7. The summed E-state index contributed by atoms with van der Waals surface area (Å²) in [6.07, 6.45) is -0.923. The predicted octanol–water partition coefficient (Wildman–Crippen LogP) is 3.04. The van der Waals surface area contributed by atoms with Crippen LogP contribution in [0.1, 0.15) is 28.4 Å². The number of carbonyl (C=O) groups excluding carboxylic acids is 2. The second kappa shape index (κ2) is 9.37. The number of benzene rings is 2. The van der Waals surface area contributed by atoms with Gasteiger partial charge < -0.3 is 10.2 Å². The number of rotatable bonds is 5. The van der Waals surface area contributed by atoms with Crippen molar-refractivity contribution < 1.29 is 24.2 Å². The summed E-state index contributed by atoms with van der Waals surface area (Å²) in [6, 6.07) is 6.23. The van der Waals surface area contributed by atoms with Crippen LogP contribution in [0.25, 0.3) is 4.85 Å². The highest BCUT2D eigenvalue weighted by molar-refractivity contribution is 6.34. The Morgan fingerprint density at radius 3 is 2.55 bits per heavy atom. The van der Waals surface area contributed by atoms with Crippen molar-refractivity contribution >= 4 is 29.1 Å². The molecule has 0 fully saturated rings. The normalized spacial score (nSPS) is 12.6. The third-order valence-corrected chi connectivity index (χ3v) is 4.94. The second-order valence-electron chi connectivity index (χ2n) is 6.46. The van der Waals surface area contributed by atoms with E-state index in [0.717, 1.165) is 12.1 Å². The first-order chi connectivity index (χ1) is 13.6. The Hall–Kier alpha value is -3.15. The molecule has 2 aromatic rings. The van der Waals surface area contributed by atoms with Crippen LogP contribution < -0.4 is 10.9 Å². The number of aliphatic hydroxyl groups excluding tert-OH is 1. The molecule has 0 spiro atoms. The quantitative estimate of drug-likeness (QED) is 0.441. The highest BCUT2D eigenvalue weighted by Gasteiger charge is 2.26. The van der Waals surface area contributed by atoms with Crippen LogP contribution in [0.15, 0.2) is 30.3 Å². The van der Waals surface area contributed by atoms with Gasteiger partial charge in [0.25, 0.3) is 5.91 Å². The maximum absolute atomic E-state index is 13.4. The smallest absolute Gasteiger partial charge is 0.269 e. The summed E-state index contributed by atoms with van der Waals surface area (Å²) in [5, 5.41) is 19.5. The zero-order valence-corrected chi connectivity index (χ0v) is 16.4. The van der Waals surface area contributed by atoms with E-state index in [1.54, 1.807) is 13.0 Å². The van der Waals surface area contributed by atoms with Gasteiger partial charge in [0.15, 0.2) is 11.6 Å². The van der Waals surface area contributed by atoms with E-state index in [0.29, 0.717) is 16.8 Å². The number of aliphatic hydroxyl groups is 1. The number of nitrogens with zero attached hydrogens (tertiary/aromatic N) is 1. The van der Waals surface area contributed by atoms with Crippen LogP contribution >= 0.6 is 11.6 Å². The second-order valence-corrected chi connectivity index (χ2v) is 6.83. The molecule has 0 heterocycles. The average molecular weight is 420 g/mol. The number of halogens is 2. The van der Waals surface area contributed by atoms with E-state index >= 15 is 0 Å². The minimum atomic E-state index is -1.04. The highest BCUT2D eigenvalue weighted by Crippen LogP contribution is 2.32. The minimum absolute atomic E-state index is 0.105. The number of carbonyl (C=O) groups is 2. The molecule has 0 radical (unpaired) electrons. The fourth-order valence-electron chi connectivity index (χ4n) is 2.67. The molecule has 0 aliphatic carbocycles. The summed E-state index contributed by atoms with van der Waals surface area (Å²) < 4.78 is 13.4. The molecule has 0 aliphatic rings. The first-order valence-electron chi connectivity index (χ1n) is 8.58. The molecule has 0 saturated heterocycles. The highest BCUT2D eigenvalue weighted by atomic mass is 35.5. The summed E-state index contributed by atoms with van der Waals surface area (Å²) in [5.74, 6) is -3.93. The van der Waals surface area contributed by atoms with Crippen LogP contribution in [0.4, 0.5) is 10.1 Å². The molecule has 2 aromatic carbocycles. The predicted molar refractivity (Wildman–Crippen MR) is 105 cm³/mol. The van der Waals surface area contributed by atoms with Gasteiger partial charge in [-0.05, 0) is 49.6 Å². The minimum Gasteiger partial charge on any atom is -0.505 e. The summed E-state index contributed by atoms with van der Waals surface area (Å²) in [7, 11) is 0. The van der Waals surface area contributed by atoms with Crippen LogP contribution in [0.5, 0.6) is 5.75 Å². The molecular formula is C20H19ClFN3O4. The summed E-state index contributed by atoms with van der Waals surface area (Å²) in [4.78, 5) is 27.8. The van der Waals surface area contributed by atoms with Crippen LogP contribution in [-0.4, -0.2) is 28.1 Å². The number of amides is 2. The van der Waals surface area contributed by atoms with E-state index in [9.17, 15) is 19.1 Å². The molecule has 0 unspecified atom stereocenters. The van der Waals surface area contributed by atoms with Gasteiger partial charge in [0, 0.05) is 5.56 Å². The SMILES string of the molecule is [C-]#[N+]c1ccc(C[C@@H](C(=O)NNC(=O)c2ccc(O)c(F)c2)[C@H](C)O)c(C)c1Cl. The van der Waals surface area contributed by atoms with Crippen molar-refractivity contribution in [3.63, 3.8) is 0 Å². The topological polar surface area (TPSA) is 103 Å². The molecule has 2 rings (SSSR count). The molecule has 2 atom stereocenters. The van der Waals surface area contributed by atoms with E-state index in [1.165, 1.54) is 19.1 Å². The Kier molecular flexibility index (Phi) is 7.15. The van der Waals surface area contributed by atoms with Gasteiger partial charge in [0.1, 0.15) is 0 Å². The standard InChI is InChI=1S/C20H19ClFN3O4/c1-10-12(4-6-16(23-3)18(10)21)8-14(11(2)26)20(29)25-24-19(28)13-5-7-17(27)15(22)9-13/h4-7,9,11,14,26-27H,8H2,1-2H3,(H,24,28)(H,25,29)/t11-,14+/m0/s1. The monoisotopic (exact) mass is 419 g/mol. The summed E-state index contributed by atoms with van der Waals surface area (Å²) >= 11 is 6.15. The number of aromatic hydroxyl groups is 1. The molecule has 0 saturated carbocycles. The fraction of sp³-hybridized carbons (Fsp3) is 0.250. The third kappa shape index (κ3) is 5.22. The lowest BCUT2D eigenvalue weighted by atomic mass is 9.91. The van der Waals surface area contributed by atoms with E-state index < -0.39 is 35.4 Å². The number of hydrogen-bond acceptors (Lipinski definition) is 4. The van der Waals surface area contributed by atoms with Crippen molar-refractivity contribution in [3.05, 3.63) is 69.3 Å². The van der Waals surface area contributed by atoms with Crippen molar-refractivity contribution in [2.45, 2.75) is 26.4 Å². The number of hydrogen-bond donors (Lipinski definition) is 4. The van der Waals surface area contributed by atoms with Gasteiger partial charge in [-0.2, -0.15) is 0 Å². The van der Waals surface area contributed by atoms with E-state index in [1.807, 2.05) is 0 Å². The molecule has 2 amide bonds. The van der Waals surface area contributed by atoms with Gasteiger partial charge in [-0.1, -0.05) is 23.7 Å². The maximum Gasteiger partial charge on any atom is 0.269 e. The lowest BCUT2D eigenvalue weighted by molar-refractivity contribution is -0.128. The van der Waals surface area contributed by atoms with Gasteiger partial charge in [-0.15, -0.1) is 0 Å². The largest absolute Gasteiger partial charge is 0.505 e. The Morgan fingerprint density at radius 2 is 1.97 bits per heavy atom. The van der Waals surface area contributed by atoms with Crippen LogP contribution in [-0.2, 0) is 11.2 Å². The first kappa shape index (κ1) is 22.1. The van der Waals surface area contributed by atoms with E-state index in [4.69, 9.17) is 23.3 Å². The summed E-state index contributed by atoms with van der Waals surface area (Å²) in [6.45, 7) is 10.2. The molecule has 29 heavy (non-hydrogen) atoms. The molecule has 0 aliphatic heterocycles.